The summed E-state index contributed by atoms with van der Waals surface area (Å²) < 4.78 is 4.92. The molecule has 0 saturated carbocycles. The van der Waals surface area contributed by atoms with Gasteiger partial charge >= 0.3 is 5.97 Å². The zero-order valence-corrected chi connectivity index (χ0v) is 11.2. The Hall–Kier alpha value is -2.17. The van der Waals surface area contributed by atoms with Crippen molar-refractivity contribution in [1.29, 1.82) is 0 Å². The summed E-state index contributed by atoms with van der Waals surface area (Å²) in [5, 5.41) is 9.10. The average molecular weight is 259 g/mol. The zero-order chi connectivity index (χ0) is 13.7. The number of carbonyl (C=O) groups excluding carboxylic acids is 1. The Morgan fingerprint density at radius 3 is 2.95 bits per heavy atom. The van der Waals surface area contributed by atoms with Crippen molar-refractivity contribution in [3.8, 4) is 0 Å². The highest BCUT2D eigenvalue weighted by atomic mass is 16.5. The number of fused-ring (bicyclic) bond motifs is 1. The third-order valence-corrected chi connectivity index (χ3v) is 2.89. The predicted molar refractivity (Wildman–Crippen MR) is 74.1 cm³/mol. The Morgan fingerprint density at radius 2 is 2.16 bits per heavy atom. The molecule has 19 heavy (non-hydrogen) atoms. The molecule has 0 aliphatic carbocycles. The summed E-state index contributed by atoms with van der Waals surface area (Å²) in [7, 11) is 1.93. The largest absolute Gasteiger partial charge is 0.466 e. The van der Waals surface area contributed by atoms with E-state index in [0.717, 1.165) is 16.6 Å². The summed E-state index contributed by atoms with van der Waals surface area (Å²) >= 11 is 0. The maximum absolute atomic E-state index is 11.4. The molecule has 2 rings (SSSR count). The van der Waals surface area contributed by atoms with Crippen LogP contribution in [0.5, 0.6) is 0 Å². The van der Waals surface area contributed by atoms with Gasteiger partial charge in [-0.25, -0.2) is 0 Å². The molecule has 2 aromatic rings. The van der Waals surface area contributed by atoms with Crippen LogP contribution in [0.15, 0.2) is 30.5 Å². The van der Waals surface area contributed by atoms with Crippen LogP contribution in [0.4, 0.5) is 5.69 Å². The number of benzene rings is 1. The van der Waals surface area contributed by atoms with Crippen LogP contribution in [0.1, 0.15) is 13.3 Å². The predicted octanol–water partition coefficient (Wildman–Crippen LogP) is 2.02. The highest BCUT2D eigenvalue weighted by Gasteiger charge is 2.09. The molecule has 0 N–H and O–H groups in total. The lowest BCUT2D eigenvalue weighted by Gasteiger charge is -2.19. The van der Waals surface area contributed by atoms with Crippen LogP contribution in [0, 0.1) is 0 Å². The van der Waals surface area contributed by atoms with Crippen molar-refractivity contribution in [2.24, 2.45) is 0 Å². The van der Waals surface area contributed by atoms with E-state index >= 15 is 0 Å². The summed E-state index contributed by atoms with van der Waals surface area (Å²) in [6, 6.07) is 7.82. The molecule has 0 saturated heterocycles. The minimum Gasteiger partial charge on any atom is -0.466 e. The molecule has 0 atom stereocenters. The van der Waals surface area contributed by atoms with Crippen molar-refractivity contribution in [1.82, 2.24) is 10.2 Å². The number of hydrogen-bond acceptors (Lipinski definition) is 5. The maximum Gasteiger partial charge on any atom is 0.307 e. The van der Waals surface area contributed by atoms with E-state index in [2.05, 4.69) is 10.2 Å². The molecule has 0 amide bonds. The molecule has 0 unspecified atom stereocenters. The zero-order valence-electron chi connectivity index (χ0n) is 11.2. The Balaban J connectivity index is 2.13. The molecule has 100 valence electrons. The van der Waals surface area contributed by atoms with E-state index in [0.29, 0.717) is 19.6 Å². The van der Waals surface area contributed by atoms with Crippen molar-refractivity contribution in [3.63, 3.8) is 0 Å². The summed E-state index contributed by atoms with van der Waals surface area (Å²) in [5.74, 6) is -0.180. The third-order valence-electron chi connectivity index (χ3n) is 2.89. The molecule has 0 spiro atoms. The Labute approximate surface area is 112 Å². The van der Waals surface area contributed by atoms with Crippen molar-refractivity contribution in [3.05, 3.63) is 30.5 Å². The van der Waals surface area contributed by atoms with Gasteiger partial charge < -0.3 is 9.64 Å². The lowest BCUT2D eigenvalue weighted by atomic mass is 10.2. The van der Waals surface area contributed by atoms with E-state index < -0.39 is 0 Å². The number of esters is 1. The van der Waals surface area contributed by atoms with Gasteiger partial charge in [0.1, 0.15) is 0 Å². The number of hydrogen-bond donors (Lipinski definition) is 0. The van der Waals surface area contributed by atoms with Gasteiger partial charge in [-0.05, 0) is 13.0 Å². The summed E-state index contributed by atoms with van der Waals surface area (Å²) in [6.45, 7) is 2.82. The smallest absolute Gasteiger partial charge is 0.307 e. The second kappa shape index (κ2) is 6.13. The van der Waals surface area contributed by atoms with Gasteiger partial charge in [0, 0.05) is 19.0 Å². The lowest BCUT2D eigenvalue weighted by molar-refractivity contribution is -0.142. The van der Waals surface area contributed by atoms with Crippen LogP contribution in [0.2, 0.25) is 0 Å². The minimum atomic E-state index is -0.180. The quantitative estimate of drug-likeness (QED) is 0.769. The second-order valence-corrected chi connectivity index (χ2v) is 4.22. The van der Waals surface area contributed by atoms with Crippen LogP contribution >= 0.6 is 0 Å². The number of aromatic nitrogens is 2. The third kappa shape index (κ3) is 3.19. The van der Waals surface area contributed by atoms with Crippen molar-refractivity contribution in [2.75, 3.05) is 25.1 Å². The minimum absolute atomic E-state index is 0.180. The number of nitrogens with zero attached hydrogens (tertiary/aromatic N) is 3. The molecule has 0 fully saturated rings. The molecule has 5 nitrogen and oxygen atoms in total. The van der Waals surface area contributed by atoms with E-state index in [-0.39, 0.29) is 5.97 Å². The maximum atomic E-state index is 11.4. The molecular formula is C14H17N3O2. The van der Waals surface area contributed by atoms with Gasteiger partial charge in [0.25, 0.3) is 0 Å². The van der Waals surface area contributed by atoms with Gasteiger partial charge in [-0.2, -0.15) is 10.2 Å². The fourth-order valence-corrected chi connectivity index (χ4v) is 1.91. The van der Waals surface area contributed by atoms with Crippen LogP contribution in [0.3, 0.4) is 0 Å². The highest BCUT2D eigenvalue weighted by molar-refractivity contribution is 5.90. The average Bonchev–Trinajstić information content (AvgIpc) is 2.44. The fraction of sp³-hybridized carbons (Fsp3) is 0.357. The summed E-state index contributed by atoms with van der Waals surface area (Å²) in [5.41, 5.74) is 1.82. The topological polar surface area (TPSA) is 55.3 Å². The molecular weight excluding hydrogens is 242 g/mol. The number of anilines is 1. The second-order valence-electron chi connectivity index (χ2n) is 4.22. The van der Waals surface area contributed by atoms with Crippen molar-refractivity contribution < 1.29 is 9.53 Å². The first kappa shape index (κ1) is 13.3. The lowest BCUT2D eigenvalue weighted by Crippen LogP contribution is -2.22. The SMILES string of the molecule is CCOC(=O)CCN(C)c1cnnc2ccccc12. The summed E-state index contributed by atoms with van der Waals surface area (Å²) in [4.78, 5) is 13.4. The van der Waals surface area contributed by atoms with Crippen molar-refractivity contribution >= 4 is 22.6 Å². The summed E-state index contributed by atoms with van der Waals surface area (Å²) in [6.07, 6.45) is 2.08. The normalized spacial score (nSPS) is 10.4. The molecule has 0 radical (unpaired) electrons. The Bertz CT molecular complexity index is 566. The van der Waals surface area contributed by atoms with E-state index in [9.17, 15) is 4.79 Å². The number of carbonyl (C=O) groups is 1. The highest BCUT2D eigenvalue weighted by Crippen LogP contribution is 2.22. The monoisotopic (exact) mass is 259 g/mol. The first-order valence-corrected chi connectivity index (χ1v) is 6.29. The van der Waals surface area contributed by atoms with Crippen LogP contribution in [0.25, 0.3) is 10.9 Å². The van der Waals surface area contributed by atoms with Gasteiger partial charge in [-0.1, -0.05) is 18.2 Å². The molecule has 0 aliphatic heterocycles. The Morgan fingerprint density at radius 1 is 1.37 bits per heavy atom. The van der Waals surface area contributed by atoms with Gasteiger partial charge in [-0.3, -0.25) is 4.79 Å². The molecule has 1 aromatic carbocycles. The molecule has 5 heteroatoms. The van der Waals surface area contributed by atoms with Crippen LogP contribution in [-0.4, -0.2) is 36.4 Å². The molecule has 1 heterocycles. The van der Waals surface area contributed by atoms with E-state index in [4.69, 9.17) is 4.74 Å². The fourth-order valence-electron chi connectivity index (χ4n) is 1.91. The van der Waals surface area contributed by atoms with Gasteiger partial charge in [-0.15, -0.1) is 0 Å². The van der Waals surface area contributed by atoms with Crippen LogP contribution in [-0.2, 0) is 9.53 Å². The first-order chi connectivity index (χ1) is 9.22. The van der Waals surface area contributed by atoms with E-state index in [1.165, 1.54) is 0 Å². The van der Waals surface area contributed by atoms with Gasteiger partial charge in [0.05, 0.1) is 30.4 Å². The number of rotatable bonds is 5. The molecule has 1 aromatic heterocycles. The van der Waals surface area contributed by atoms with Gasteiger partial charge in [0.15, 0.2) is 0 Å². The van der Waals surface area contributed by atoms with E-state index in [1.54, 1.807) is 6.20 Å². The van der Waals surface area contributed by atoms with E-state index in [1.807, 2.05) is 43.1 Å². The van der Waals surface area contributed by atoms with Crippen LogP contribution < -0.4 is 4.90 Å². The molecule has 0 bridgehead atoms. The standard InChI is InChI=1S/C14H17N3O2/c1-3-19-14(18)8-9-17(2)13-10-15-16-12-7-5-4-6-11(12)13/h4-7,10H,3,8-9H2,1-2H3. The van der Waals surface area contributed by atoms with Gasteiger partial charge in [0.2, 0.25) is 0 Å². The molecule has 0 aliphatic rings. The first-order valence-electron chi connectivity index (χ1n) is 6.29. The van der Waals surface area contributed by atoms with Crippen molar-refractivity contribution in [2.45, 2.75) is 13.3 Å². The number of ether oxygens (including phenoxy) is 1. The Kier molecular flexibility index (Phi) is 4.28.